The highest BCUT2D eigenvalue weighted by molar-refractivity contribution is 6.05. The number of nitrogens with one attached hydrogen (secondary N) is 1. The monoisotopic (exact) mass is 434 g/mol. The summed E-state index contributed by atoms with van der Waals surface area (Å²) >= 11 is 0. The molecule has 10 heteroatoms. The summed E-state index contributed by atoms with van der Waals surface area (Å²) in [5, 5.41) is 13.1. The van der Waals surface area contributed by atoms with E-state index < -0.39 is 17.7 Å². The third kappa shape index (κ3) is 5.60. The van der Waals surface area contributed by atoms with Gasteiger partial charge < -0.3 is 20.1 Å². The summed E-state index contributed by atoms with van der Waals surface area (Å²) in [6.07, 6.45) is -3.17. The second kappa shape index (κ2) is 9.17. The SMILES string of the molecule is CN(C)CCOc1cc(C(=O)O)c2ncnc(NCc3ccc(C(F)(F)F)cc3)c2c1. The largest absolute Gasteiger partial charge is 0.492 e. The van der Waals surface area contributed by atoms with Gasteiger partial charge >= 0.3 is 12.1 Å². The minimum atomic E-state index is -4.40. The van der Waals surface area contributed by atoms with E-state index in [4.69, 9.17) is 4.74 Å². The third-order valence-corrected chi connectivity index (χ3v) is 4.49. The fraction of sp³-hybridized carbons (Fsp3) is 0.286. The van der Waals surface area contributed by atoms with Crippen LogP contribution in [-0.4, -0.2) is 53.2 Å². The van der Waals surface area contributed by atoms with E-state index in [2.05, 4.69) is 15.3 Å². The molecule has 2 N–H and O–H groups in total. The van der Waals surface area contributed by atoms with Crippen LogP contribution >= 0.6 is 0 Å². The molecule has 0 spiro atoms. The van der Waals surface area contributed by atoms with Crippen LogP contribution in [0.3, 0.4) is 0 Å². The number of alkyl halides is 3. The van der Waals surface area contributed by atoms with E-state index in [0.29, 0.717) is 35.7 Å². The van der Waals surface area contributed by atoms with Gasteiger partial charge in [0.1, 0.15) is 24.5 Å². The lowest BCUT2D eigenvalue weighted by molar-refractivity contribution is -0.137. The average molecular weight is 434 g/mol. The normalized spacial score (nSPS) is 11.7. The maximum absolute atomic E-state index is 12.7. The number of carbonyl (C=O) groups is 1. The number of aromatic nitrogens is 2. The first-order valence-corrected chi connectivity index (χ1v) is 9.34. The Morgan fingerprint density at radius 2 is 1.87 bits per heavy atom. The van der Waals surface area contributed by atoms with E-state index in [1.165, 1.54) is 24.5 Å². The second-order valence-electron chi connectivity index (χ2n) is 7.09. The van der Waals surface area contributed by atoms with E-state index in [0.717, 1.165) is 12.1 Å². The fourth-order valence-corrected chi connectivity index (χ4v) is 2.87. The minimum Gasteiger partial charge on any atom is -0.492 e. The van der Waals surface area contributed by atoms with Gasteiger partial charge in [0.25, 0.3) is 0 Å². The van der Waals surface area contributed by atoms with Gasteiger partial charge in [0.2, 0.25) is 0 Å². The van der Waals surface area contributed by atoms with Crippen molar-refractivity contribution in [3.8, 4) is 5.75 Å². The molecule has 1 heterocycles. The Hall–Kier alpha value is -3.40. The number of likely N-dealkylation sites (N-methyl/N-ethyl adjacent to an activating group) is 1. The van der Waals surface area contributed by atoms with Crippen LogP contribution < -0.4 is 10.1 Å². The lowest BCUT2D eigenvalue weighted by Crippen LogP contribution is -2.19. The maximum atomic E-state index is 12.7. The average Bonchev–Trinajstić information content (AvgIpc) is 2.71. The summed E-state index contributed by atoms with van der Waals surface area (Å²) in [7, 11) is 3.78. The molecule has 0 unspecified atom stereocenters. The van der Waals surface area contributed by atoms with Crippen LogP contribution in [0.25, 0.3) is 10.9 Å². The van der Waals surface area contributed by atoms with Gasteiger partial charge in [-0.2, -0.15) is 13.2 Å². The van der Waals surface area contributed by atoms with Crippen LogP contribution in [0, 0.1) is 0 Å². The topological polar surface area (TPSA) is 87.6 Å². The molecule has 0 atom stereocenters. The van der Waals surface area contributed by atoms with Gasteiger partial charge in [-0.15, -0.1) is 0 Å². The number of anilines is 1. The van der Waals surface area contributed by atoms with Gasteiger partial charge in [0.15, 0.2) is 0 Å². The molecule has 0 saturated heterocycles. The van der Waals surface area contributed by atoms with Gasteiger partial charge in [-0.25, -0.2) is 14.8 Å². The molecule has 3 rings (SSSR count). The molecule has 2 aromatic carbocycles. The Labute approximate surface area is 176 Å². The number of halogens is 3. The number of hydrogen-bond acceptors (Lipinski definition) is 6. The molecule has 1 aromatic heterocycles. The van der Waals surface area contributed by atoms with Crippen molar-refractivity contribution in [3.63, 3.8) is 0 Å². The molecule has 7 nitrogen and oxygen atoms in total. The van der Waals surface area contributed by atoms with Crippen molar-refractivity contribution in [2.75, 3.05) is 32.6 Å². The molecular formula is C21H21F3N4O3. The van der Waals surface area contributed by atoms with Crippen LogP contribution in [0.15, 0.2) is 42.7 Å². The van der Waals surface area contributed by atoms with E-state index in [1.54, 1.807) is 6.07 Å². The fourth-order valence-electron chi connectivity index (χ4n) is 2.87. The van der Waals surface area contributed by atoms with Crippen LogP contribution in [-0.2, 0) is 12.7 Å². The summed E-state index contributed by atoms with van der Waals surface area (Å²) in [4.78, 5) is 21.9. The van der Waals surface area contributed by atoms with E-state index in [1.807, 2.05) is 19.0 Å². The number of benzene rings is 2. The number of rotatable bonds is 8. The molecule has 0 aliphatic carbocycles. The summed E-state index contributed by atoms with van der Waals surface area (Å²) in [6, 6.07) is 7.82. The first-order chi connectivity index (χ1) is 14.6. The zero-order chi connectivity index (χ0) is 22.6. The summed E-state index contributed by atoms with van der Waals surface area (Å²) < 4.78 is 43.9. The Morgan fingerprint density at radius 3 is 2.48 bits per heavy atom. The van der Waals surface area contributed by atoms with Gasteiger partial charge in [-0.05, 0) is 43.9 Å². The first kappa shape index (κ1) is 22.3. The van der Waals surface area contributed by atoms with Gasteiger partial charge in [-0.3, -0.25) is 0 Å². The molecule has 3 aromatic rings. The molecule has 0 amide bonds. The summed E-state index contributed by atoms with van der Waals surface area (Å²) in [5.41, 5.74) is 0.0840. The molecular weight excluding hydrogens is 413 g/mol. The Bertz CT molecular complexity index is 1070. The highest BCUT2D eigenvalue weighted by Gasteiger charge is 2.29. The summed E-state index contributed by atoms with van der Waals surface area (Å²) in [6.45, 7) is 1.20. The molecule has 0 aliphatic heterocycles. The van der Waals surface area contributed by atoms with Crippen LogP contribution in [0.2, 0.25) is 0 Å². The summed E-state index contributed by atoms with van der Waals surface area (Å²) in [5.74, 6) is -0.444. The molecule has 0 aliphatic rings. The minimum absolute atomic E-state index is 0.0302. The maximum Gasteiger partial charge on any atom is 0.416 e. The smallest absolute Gasteiger partial charge is 0.416 e. The predicted molar refractivity (Wildman–Crippen MR) is 109 cm³/mol. The number of aromatic carboxylic acids is 1. The van der Waals surface area contributed by atoms with Crippen molar-refractivity contribution in [2.24, 2.45) is 0 Å². The lowest BCUT2D eigenvalue weighted by atomic mass is 10.1. The Balaban J connectivity index is 1.87. The standard InChI is InChI=1S/C21H21F3N4O3/c1-28(2)7-8-31-15-9-16-18(17(10-15)20(29)30)26-12-27-19(16)25-11-13-3-5-14(6-4-13)21(22,23)24/h3-6,9-10,12H,7-8,11H2,1-2H3,(H,29,30)(H,25,26,27). The molecule has 0 saturated carbocycles. The Morgan fingerprint density at radius 1 is 1.16 bits per heavy atom. The Kier molecular flexibility index (Phi) is 6.59. The number of carboxylic acid groups (broad SMARTS) is 1. The zero-order valence-electron chi connectivity index (χ0n) is 16.9. The van der Waals surface area contributed by atoms with Crippen molar-refractivity contribution < 1.29 is 27.8 Å². The molecule has 0 radical (unpaired) electrons. The predicted octanol–water partition coefficient (Wildman–Crippen LogP) is 3.90. The van der Waals surface area contributed by atoms with Crippen molar-refractivity contribution in [1.82, 2.24) is 14.9 Å². The molecule has 164 valence electrons. The highest BCUT2D eigenvalue weighted by Crippen LogP contribution is 2.30. The number of ether oxygens (including phenoxy) is 1. The van der Waals surface area contributed by atoms with Crippen LogP contribution in [0.4, 0.5) is 19.0 Å². The zero-order valence-corrected chi connectivity index (χ0v) is 16.9. The number of carboxylic acids is 1. The van der Waals surface area contributed by atoms with Crippen molar-refractivity contribution in [2.45, 2.75) is 12.7 Å². The quantitative estimate of drug-likeness (QED) is 0.556. The van der Waals surface area contributed by atoms with E-state index in [9.17, 15) is 23.1 Å². The van der Waals surface area contributed by atoms with Crippen LogP contribution in [0.1, 0.15) is 21.5 Å². The van der Waals surface area contributed by atoms with E-state index >= 15 is 0 Å². The van der Waals surface area contributed by atoms with Crippen molar-refractivity contribution >= 4 is 22.7 Å². The number of fused-ring (bicyclic) bond motifs is 1. The van der Waals surface area contributed by atoms with Crippen molar-refractivity contribution in [3.05, 3.63) is 59.4 Å². The highest BCUT2D eigenvalue weighted by atomic mass is 19.4. The van der Waals surface area contributed by atoms with E-state index in [-0.39, 0.29) is 17.6 Å². The van der Waals surface area contributed by atoms with Gasteiger partial charge in [-0.1, -0.05) is 12.1 Å². The van der Waals surface area contributed by atoms with Gasteiger partial charge in [0, 0.05) is 18.5 Å². The molecule has 0 fully saturated rings. The number of hydrogen-bond donors (Lipinski definition) is 2. The van der Waals surface area contributed by atoms with Crippen molar-refractivity contribution in [1.29, 1.82) is 0 Å². The molecule has 31 heavy (non-hydrogen) atoms. The molecule has 0 bridgehead atoms. The third-order valence-electron chi connectivity index (χ3n) is 4.49. The first-order valence-electron chi connectivity index (χ1n) is 9.34. The second-order valence-corrected chi connectivity index (χ2v) is 7.09. The number of nitrogens with zero attached hydrogens (tertiary/aromatic N) is 3. The lowest BCUT2D eigenvalue weighted by Gasteiger charge is -2.14. The van der Waals surface area contributed by atoms with Gasteiger partial charge in [0.05, 0.1) is 16.6 Å². The van der Waals surface area contributed by atoms with Crippen LogP contribution in [0.5, 0.6) is 5.75 Å².